The van der Waals surface area contributed by atoms with Crippen LogP contribution in [0.4, 0.5) is 0 Å². The summed E-state index contributed by atoms with van der Waals surface area (Å²) >= 11 is 0. The smallest absolute Gasteiger partial charge is 0.381 e. The number of para-hydroxylation sites is 2. The first kappa shape index (κ1) is 22.5. The number of aliphatic carboxylic acids is 1. The van der Waals surface area contributed by atoms with E-state index in [4.69, 9.17) is 9.84 Å². The number of carboxylic acid groups (broad SMARTS) is 1. The van der Waals surface area contributed by atoms with Crippen molar-refractivity contribution in [1.29, 1.82) is 0 Å². The molecule has 0 aromatic heterocycles. The van der Waals surface area contributed by atoms with Crippen molar-refractivity contribution in [3.63, 3.8) is 0 Å². The van der Waals surface area contributed by atoms with E-state index >= 15 is 0 Å². The largest absolute Gasteiger partial charge is 0.472 e. The van der Waals surface area contributed by atoms with Gasteiger partial charge in [0.15, 0.2) is 0 Å². The zero-order valence-corrected chi connectivity index (χ0v) is 16.5. The van der Waals surface area contributed by atoms with E-state index in [2.05, 4.69) is 22.3 Å². The molecule has 2 N–H and O–H groups in total. The second-order valence-electron chi connectivity index (χ2n) is 5.73. The summed E-state index contributed by atoms with van der Waals surface area (Å²) in [6.07, 6.45) is 4.95. The Labute approximate surface area is 166 Å². The molecule has 5 nitrogen and oxygen atoms in total. The van der Waals surface area contributed by atoms with Gasteiger partial charge in [0, 0.05) is 44.6 Å². The number of hydrogen-bond acceptors (Lipinski definition) is 4. The quantitative estimate of drug-likeness (QED) is 0.580. The maximum atomic E-state index is 9.93. The summed E-state index contributed by atoms with van der Waals surface area (Å²) in [6, 6.07) is 17.8. The number of nitrogens with zero attached hydrogens (tertiary/aromatic N) is 1. The summed E-state index contributed by atoms with van der Waals surface area (Å²) in [5.41, 5.74) is 2.16. The number of benzene rings is 2. The monoisotopic (exact) mass is 378 g/mol. The van der Waals surface area contributed by atoms with Crippen molar-refractivity contribution in [3.8, 4) is 23.3 Å². The van der Waals surface area contributed by atoms with Crippen molar-refractivity contribution < 1.29 is 14.6 Å². The molecule has 0 saturated carbocycles. The molecule has 0 fully saturated rings. The Hall–Kier alpha value is -3.52. The van der Waals surface area contributed by atoms with Gasteiger partial charge in [-0.15, -0.1) is 0 Å². The third-order valence-electron chi connectivity index (χ3n) is 3.39. The summed E-state index contributed by atoms with van der Waals surface area (Å²) in [5, 5.41) is 11.0. The molecule has 5 heteroatoms. The van der Waals surface area contributed by atoms with Gasteiger partial charge in [-0.1, -0.05) is 42.3 Å². The van der Waals surface area contributed by atoms with Gasteiger partial charge in [0.1, 0.15) is 11.5 Å². The molecular weight excluding hydrogens is 352 g/mol. The molecule has 0 aliphatic rings. The van der Waals surface area contributed by atoms with Crippen LogP contribution < -0.4 is 10.1 Å². The van der Waals surface area contributed by atoms with Crippen LogP contribution in [0.3, 0.4) is 0 Å². The van der Waals surface area contributed by atoms with Gasteiger partial charge in [-0.25, -0.2) is 4.79 Å². The number of nitrogens with one attached hydrogen (secondary N) is 1. The van der Waals surface area contributed by atoms with Crippen molar-refractivity contribution in [2.24, 2.45) is 4.99 Å². The van der Waals surface area contributed by atoms with Crippen LogP contribution in [0.1, 0.15) is 18.9 Å². The van der Waals surface area contributed by atoms with E-state index < -0.39 is 5.97 Å². The highest BCUT2D eigenvalue weighted by molar-refractivity contribution is 5.86. The highest BCUT2D eigenvalue weighted by Crippen LogP contribution is 2.24. The number of carbonyl (C=O) groups is 1. The van der Waals surface area contributed by atoms with Gasteiger partial charge in [0.2, 0.25) is 0 Å². The molecule has 2 rings (SSSR count). The number of hydrogen-bond donors (Lipinski definition) is 2. The maximum absolute atomic E-state index is 9.93. The van der Waals surface area contributed by atoms with Crippen LogP contribution >= 0.6 is 0 Å². The minimum absolute atomic E-state index is 0.493. The molecule has 0 saturated heterocycles. The molecule has 0 spiro atoms. The summed E-state index contributed by atoms with van der Waals surface area (Å²) in [7, 11) is 3.56. The lowest BCUT2D eigenvalue weighted by atomic mass is 10.1. The molecule has 0 amide bonds. The van der Waals surface area contributed by atoms with Gasteiger partial charge in [0.25, 0.3) is 0 Å². The van der Waals surface area contributed by atoms with Crippen molar-refractivity contribution in [2.45, 2.75) is 19.8 Å². The molecule has 2 aromatic carbocycles. The summed E-state index contributed by atoms with van der Waals surface area (Å²) in [6.45, 7) is 1.88. The fourth-order valence-corrected chi connectivity index (χ4v) is 2.13. The van der Waals surface area contributed by atoms with Gasteiger partial charge in [0.05, 0.1) is 0 Å². The lowest BCUT2D eigenvalue weighted by molar-refractivity contribution is -0.130. The average molecular weight is 378 g/mol. The van der Waals surface area contributed by atoms with Crippen LogP contribution in [0.2, 0.25) is 0 Å². The number of allylic oxidation sites excluding steroid dienone is 1. The first-order valence-electron chi connectivity index (χ1n) is 8.83. The predicted octanol–water partition coefficient (Wildman–Crippen LogP) is 4.31. The van der Waals surface area contributed by atoms with E-state index in [0.29, 0.717) is 6.42 Å². The maximum Gasteiger partial charge on any atom is 0.381 e. The molecule has 0 aliphatic carbocycles. The molecule has 0 atom stereocenters. The van der Waals surface area contributed by atoms with Crippen LogP contribution in [0.25, 0.3) is 0 Å². The normalized spacial score (nSPS) is 10.3. The minimum Gasteiger partial charge on any atom is -0.472 e. The Morgan fingerprint density at radius 3 is 2.50 bits per heavy atom. The molecule has 28 heavy (non-hydrogen) atoms. The van der Waals surface area contributed by atoms with E-state index in [9.17, 15) is 4.79 Å². The van der Waals surface area contributed by atoms with E-state index in [1.807, 2.05) is 67.6 Å². The standard InChI is InChI=1S/C15H15NO.C8H11NO2/c1-16-12-11-13-7-5-6-10-15(13)17-14-8-3-2-4-9-14;1-7(6-9-2)4-3-5-8(10)11/h2-10,12H,11H2,1H3;6,9H,4H2,1-2H3,(H,10,11)/b;7-6-. The van der Waals surface area contributed by atoms with E-state index in [-0.39, 0.29) is 0 Å². The predicted molar refractivity (Wildman–Crippen MR) is 114 cm³/mol. The first-order valence-corrected chi connectivity index (χ1v) is 8.83. The van der Waals surface area contributed by atoms with Gasteiger partial charge < -0.3 is 20.2 Å². The number of rotatable bonds is 6. The number of aliphatic imine (C=N–C) groups is 1. The Morgan fingerprint density at radius 1 is 1.18 bits per heavy atom. The first-order chi connectivity index (χ1) is 13.6. The Morgan fingerprint density at radius 2 is 1.86 bits per heavy atom. The van der Waals surface area contributed by atoms with Crippen LogP contribution in [-0.2, 0) is 11.2 Å². The van der Waals surface area contributed by atoms with Gasteiger partial charge in [-0.3, -0.25) is 0 Å². The van der Waals surface area contributed by atoms with Crippen molar-refractivity contribution in [2.75, 3.05) is 14.1 Å². The van der Waals surface area contributed by atoms with Crippen LogP contribution in [0.5, 0.6) is 11.5 Å². The zero-order chi connectivity index (χ0) is 20.6. The third kappa shape index (κ3) is 9.83. The average Bonchev–Trinajstić information content (AvgIpc) is 2.68. The fourth-order valence-electron chi connectivity index (χ4n) is 2.13. The molecule has 2 aromatic rings. The van der Waals surface area contributed by atoms with E-state index in [1.54, 1.807) is 20.3 Å². The number of carboxylic acids is 1. The second-order valence-corrected chi connectivity index (χ2v) is 5.73. The van der Waals surface area contributed by atoms with Gasteiger partial charge >= 0.3 is 5.97 Å². The molecule has 0 bridgehead atoms. The SMILES string of the molecule is CN/C=C(/C)CC#CC(=O)O.CN=CCc1ccccc1Oc1ccccc1. The van der Waals surface area contributed by atoms with Crippen molar-refractivity contribution >= 4 is 12.2 Å². The lowest BCUT2D eigenvalue weighted by Gasteiger charge is -2.09. The molecule has 0 radical (unpaired) electrons. The third-order valence-corrected chi connectivity index (χ3v) is 3.39. The van der Waals surface area contributed by atoms with Crippen LogP contribution in [0, 0.1) is 11.8 Å². The van der Waals surface area contributed by atoms with Crippen LogP contribution in [-0.4, -0.2) is 31.4 Å². The molecule has 0 heterocycles. The Bertz CT molecular complexity index is 847. The van der Waals surface area contributed by atoms with E-state index in [0.717, 1.165) is 29.1 Å². The fraction of sp³-hybridized carbons (Fsp3) is 0.217. The lowest BCUT2D eigenvalue weighted by Crippen LogP contribution is -1.94. The molecular formula is C23H26N2O3. The van der Waals surface area contributed by atoms with Gasteiger partial charge in [-0.05, 0) is 36.9 Å². The summed E-state index contributed by atoms with van der Waals surface area (Å²) in [5.74, 6) is 5.21. The Kier molecular flexibility index (Phi) is 11.0. The van der Waals surface area contributed by atoms with E-state index in [1.165, 1.54) is 0 Å². The molecule has 146 valence electrons. The molecule has 0 aliphatic heterocycles. The second kappa shape index (κ2) is 13.7. The van der Waals surface area contributed by atoms with Crippen LogP contribution in [0.15, 0.2) is 71.4 Å². The highest BCUT2D eigenvalue weighted by atomic mass is 16.5. The minimum atomic E-state index is -1.08. The topological polar surface area (TPSA) is 70.9 Å². The summed E-state index contributed by atoms with van der Waals surface area (Å²) in [4.78, 5) is 13.9. The number of ether oxygens (including phenoxy) is 1. The van der Waals surface area contributed by atoms with Gasteiger partial charge in [-0.2, -0.15) is 0 Å². The Balaban J connectivity index is 0.000000311. The zero-order valence-electron chi connectivity index (χ0n) is 16.5. The highest BCUT2D eigenvalue weighted by Gasteiger charge is 2.02. The van der Waals surface area contributed by atoms with Crippen molar-refractivity contribution in [1.82, 2.24) is 5.32 Å². The van der Waals surface area contributed by atoms with Crippen molar-refractivity contribution in [3.05, 3.63) is 71.9 Å². The summed E-state index contributed by atoms with van der Waals surface area (Å²) < 4.78 is 5.84. The molecule has 0 unspecified atom stereocenters.